The Bertz CT molecular complexity index is 1340. The van der Waals surface area contributed by atoms with Crippen LogP contribution in [0.5, 0.6) is 0 Å². The Balaban J connectivity index is 1.59. The maximum Gasteiger partial charge on any atom is 0.321 e. The van der Waals surface area contributed by atoms with Crippen molar-refractivity contribution in [2.24, 2.45) is 0 Å². The molecule has 4 N–H and O–H groups in total. The summed E-state index contributed by atoms with van der Waals surface area (Å²) in [5, 5.41) is 30.1. The monoisotopic (exact) mass is 564 g/mol. The first-order chi connectivity index (χ1) is 20.5. The highest BCUT2D eigenvalue weighted by Crippen LogP contribution is 2.30. The number of benzene rings is 4. The number of aliphatic hydroxyl groups excluding tert-OH is 2. The number of carbonyl (C=O) groups excluding carboxylic acids is 1. The van der Waals surface area contributed by atoms with Crippen LogP contribution in [0.4, 0.5) is 16.2 Å². The molecule has 4 atom stereocenters. The van der Waals surface area contributed by atoms with E-state index in [0.29, 0.717) is 25.9 Å². The van der Waals surface area contributed by atoms with E-state index in [1.807, 2.05) is 123 Å². The van der Waals surface area contributed by atoms with E-state index < -0.39 is 24.3 Å². The minimum atomic E-state index is -1.16. The Kier molecular flexibility index (Phi) is 9.41. The van der Waals surface area contributed by atoms with E-state index in [1.54, 1.807) is 9.80 Å². The van der Waals surface area contributed by atoms with Crippen LogP contribution in [0.2, 0.25) is 0 Å². The van der Waals surface area contributed by atoms with Crippen LogP contribution in [0.1, 0.15) is 22.3 Å². The maximum absolute atomic E-state index is 14.8. The molecule has 1 heterocycles. The van der Waals surface area contributed by atoms with Gasteiger partial charge in [-0.2, -0.15) is 0 Å². The molecule has 0 bridgehead atoms. The second kappa shape index (κ2) is 13.6. The third-order valence-electron chi connectivity index (χ3n) is 8.14. The molecule has 1 saturated heterocycles. The van der Waals surface area contributed by atoms with Gasteiger partial charge >= 0.3 is 6.03 Å². The van der Waals surface area contributed by atoms with Crippen molar-refractivity contribution in [2.75, 3.05) is 24.7 Å². The molecule has 5 rings (SSSR count). The molecule has 218 valence electrons. The molecule has 0 unspecified atom stereocenters. The van der Waals surface area contributed by atoms with Crippen molar-refractivity contribution in [2.45, 2.75) is 50.2 Å². The third-order valence-corrected chi connectivity index (χ3v) is 8.14. The average molecular weight is 565 g/mol. The van der Waals surface area contributed by atoms with Gasteiger partial charge in [-0.1, -0.05) is 84.9 Å². The van der Waals surface area contributed by atoms with Gasteiger partial charge in [0.25, 0.3) is 0 Å². The van der Waals surface area contributed by atoms with Gasteiger partial charge in [-0.25, -0.2) is 4.79 Å². The minimum absolute atomic E-state index is 0.211. The normalized spacial score (nSPS) is 20.7. The molecule has 1 fully saturated rings. The Hall–Kier alpha value is -4.33. The zero-order valence-electron chi connectivity index (χ0n) is 24.2. The molecular formula is C35H40N4O3. The summed E-state index contributed by atoms with van der Waals surface area (Å²) >= 11 is 0. The topological polar surface area (TPSA) is 88.1 Å². The van der Waals surface area contributed by atoms with Gasteiger partial charge in [0.1, 0.15) is 12.2 Å². The zero-order valence-corrected chi connectivity index (χ0v) is 24.2. The molecule has 4 aromatic rings. The van der Waals surface area contributed by atoms with Crippen LogP contribution in [-0.2, 0) is 25.9 Å². The van der Waals surface area contributed by atoms with E-state index >= 15 is 0 Å². The van der Waals surface area contributed by atoms with Crippen LogP contribution in [0.3, 0.4) is 0 Å². The highest BCUT2D eigenvalue weighted by molar-refractivity contribution is 5.76. The molecule has 0 radical (unpaired) electrons. The molecule has 0 aliphatic carbocycles. The number of urea groups is 1. The van der Waals surface area contributed by atoms with Crippen LogP contribution in [0, 0.1) is 0 Å². The van der Waals surface area contributed by atoms with Crippen molar-refractivity contribution >= 4 is 17.4 Å². The number of anilines is 2. The van der Waals surface area contributed by atoms with Gasteiger partial charge in [0.2, 0.25) is 0 Å². The largest absolute Gasteiger partial charge is 0.388 e. The van der Waals surface area contributed by atoms with Crippen molar-refractivity contribution in [3.63, 3.8) is 0 Å². The van der Waals surface area contributed by atoms with E-state index in [2.05, 4.69) is 10.6 Å². The van der Waals surface area contributed by atoms with Gasteiger partial charge in [-0.05, 0) is 59.4 Å². The highest BCUT2D eigenvalue weighted by atomic mass is 16.3. The molecule has 1 aliphatic heterocycles. The lowest BCUT2D eigenvalue weighted by molar-refractivity contribution is -0.0408. The fourth-order valence-corrected chi connectivity index (χ4v) is 5.86. The zero-order chi connectivity index (χ0) is 29.5. The van der Waals surface area contributed by atoms with Gasteiger partial charge in [0.05, 0.1) is 12.1 Å². The lowest BCUT2D eigenvalue weighted by atomic mass is 9.91. The van der Waals surface area contributed by atoms with Crippen molar-refractivity contribution in [1.82, 2.24) is 9.80 Å². The van der Waals surface area contributed by atoms with Crippen LogP contribution < -0.4 is 10.6 Å². The summed E-state index contributed by atoms with van der Waals surface area (Å²) in [6.07, 6.45) is -1.50. The van der Waals surface area contributed by atoms with Crippen molar-refractivity contribution < 1.29 is 15.0 Å². The first kappa shape index (κ1) is 29.2. The van der Waals surface area contributed by atoms with E-state index in [-0.39, 0.29) is 6.03 Å². The molecule has 7 nitrogen and oxygen atoms in total. The van der Waals surface area contributed by atoms with Crippen LogP contribution in [-0.4, -0.2) is 64.4 Å². The van der Waals surface area contributed by atoms with E-state index in [9.17, 15) is 15.0 Å². The van der Waals surface area contributed by atoms with Gasteiger partial charge in [0.15, 0.2) is 0 Å². The molecule has 0 spiro atoms. The van der Waals surface area contributed by atoms with Gasteiger partial charge in [-0.15, -0.1) is 0 Å². The highest BCUT2D eigenvalue weighted by Gasteiger charge is 2.46. The molecule has 0 saturated carbocycles. The first-order valence-corrected chi connectivity index (χ1v) is 14.5. The van der Waals surface area contributed by atoms with Gasteiger partial charge in [0, 0.05) is 38.6 Å². The second-order valence-corrected chi connectivity index (χ2v) is 10.9. The minimum Gasteiger partial charge on any atom is -0.388 e. The van der Waals surface area contributed by atoms with Crippen LogP contribution >= 0.6 is 0 Å². The first-order valence-electron chi connectivity index (χ1n) is 14.5. The number of hydrogen-bond donors (Lipinski definition) is 4. The summed E-state index contributed by atoms with van der Waals surface area (Å²) in [6.45, 7) is 0.585. The lowest BCUT2D eigenvalue weighted by Gasteiger charge is -2.36. The number of amides is 2. The summed E-state index contributed by atoms with van der Waals surface area (Å²) < 4.78 is 0. The quantitative estimate of drug-likeness (QED) is 0.214. The predicted octanol–water partition coefficient (Wildman–Crippen LogP) is 5.15. The fraction of sp³-hybridized carbons (Fsp3) is 0.286. The summed E-state index contributed by atoms with van der Waals surface area (Å²) in [5.41, 5.74) is 5.74. The lowest BCUT2D eigenvalue weighted by Crippen LogP contribution is -2.50. The number of aliphatic hydroxyl groups is 2. The number of carbonyl (C=O) groups is 1. The molecule has 42 heavy (non-hydrogen) atoms. The van der Waals surface area contributed by atoms with Crippen LogP contribution in [0.25, 0.3) is 0 Å². The molecule has 1 aliphatic rings. The molecular weight excluding hydrogens is 524 g/mol. The maximum atomic E-state index is 14.8. The van der Waals surface area contributed by atoms with E-state index in [4.69, 9.17) is 0 Å². The Labute approximate surface area is 248 Å². The average Bonchev–Trinajstić information content (AvgIpc) is 3.09. The summed E-state index contributed by atoms with van der Waals surface area (Å²) in [7, 11) is 3.73. The fourth-order valence-electron chi connectivity index (χ4n) is 5.86. The van der Waals surface area contributed by atoms with Crippen molar-refractivity contribution in [1.29, 1.82) is 0 Å². The molecule has 0 aromatic heterocycles. The third kappa shape index (κ3) is 6.75. The summed E-state index contributed by atoms with van der Waals surface area (Å²) in [6, 6.07) is 34.1. The Morgan fingerprint density at radius 1 is 0.571 bits per heavy atom. The SMILES string of the molecule is CNc1cccc(CN2C(=O)N(Cc3cccc(NC)c3)[C@H](Cc3ccccc3)[C@H](O)[C@@H](O)[C@H]2Cc2ccccc2)c1. The number of nitrogens with one attached hydrogen (secondary N) is 2. The summed E-state index contributed by atoms with van der Waals surface area (Å²) in [5.74, 6) is 0. The van der Waals surface area contributed by atoms with E-state index in [1.165, 1.54) is 0 Å². The van der Waals surface area contributed by atoms with Gasteiger partial charge in [-0.3, -0.25) is 0 Å². The molecule has 4 aromatic carbocycles. The van der Waals surface area contributed by atoms with Crippen molar-refractivity contribution in [3.8, 4) is 0 Å². The number of hydrogen-bond acceptors (Lipinski definition) is 5. The number of rotatable bonds is 10. The molecule has 2 amide bonds. The smallest absolute Gasteiger partial charge is 0.321 e. The predicted molar refractivity (Wildman–Crippen MR) is 168 cm³/mol. The number of nitrogens with zero attached hydrogens (tertiary/aromatic N) is 2. The van der Waals surface area contributed by atoms with E-state index in [0.717, 1.165) is 33.6 Å². The molecule has 7 heteroatoms. The van der Waals surface area contributed by atoms with Crippen LogP contribution in [0.15, 0.2) is 109 Å². The van der Waals surface area contributed by atoms with Gasteiger partial charge < -0.3 is 30.6 Å². The van der Waals surface area contributed by atoms with Crippen molar-refractivity contribution in [3.05, 3.63) is 131 Å². The Morgan fingerprint density at radius 3 is 1.33 bits per heavy atom. The summed E-state index contributed by atoms with van der Waals surface area (Å²) in [4.78, 5) is 18.3. The Morgan fingerprint density at radius 2 is 0.952 bits per heavy atom. The standard InChI is InChI=1S/C35H40N4O3/c1-36-29-17-9-15-27(19-29)23-38-31(21-25-11-5-3-6-12-25)33(40)34(41)32(22-26-13-7-4-8-14-26)39(35(38)42)24-28-16-10-18-30(20-28)37-2/h3-20,31-34,36-37,40-41H,21-24H2,1-2H3/t31-,32-,33+,34+/m1/s1. The second-order valence-electron chi connectivity index (χ2n) is 10.9.